The molecule has 0 radical (unpaired) electrons. The van der Waals surface area contributed by atoms with E-state index in [1.54, 1.807) is 25.1 Å². The summed E-state index contributed by atoms with van der Waals surface area (Å²) in [5.41, 5.74) is 0.658. The smallest absolute Gasteiger partial charge is 0.356 e. The van der Waals surface area contributed by atoms with Crippen LogP contribution in [0.4, 0.5) is 0 Å². The van der Waals surface area contributed by atoms with Crippen molar-refractivity contribution in [3.8, 4) is 5.75 Å². The van der Waals surface area contributed by atoms with Crippen molar-refractivity contribution >= 4 is 23.5 Å². The van der Waals surface area contributed by atoms with E-state index in [1.807, 2.05) is 6.07 Å². The first-order valence-electron chi connectivity index (χ1n) is 5.05. The van der Waals surface area contributed by atoms with E-state index in [4.69, 9.17) is 9.84 Å². The Kier molecular flexibility index (Phi) is 3.38. The topological polar surface area (TPSA) is 76.5 Å². The van der Waals surface area contributed by atoms with Crippen molar-refractivity contribution in [3.05, 3.63) is 46.5 Å². The zero-order chi connectivity index (χ0) is 13.1. The summed E-state index contributed by atoms with van der Waals surface area (Å²) >= 11 is 0.806. The number of ether oxygens (including phenoxy) is 1. The van der Waals surface area contributed by atoms with Gasteiger partial charge in [-0.25, -0.2) is 9.59 Å². The molecule has 0 spiro atoms. The van der Waals surface area contributed by atoms with E-state index in [9.17, 15) is 9.59 Å². The predicted octanol–water partition coefficient (Wildman–Crippen LogP) is 2.37. The molecule has 0 saturated heterocycles. The number of aromatic carboxylic acids is 1. The molecule has 0 saturated carbocycles. The molecule has 0 aliphatic rings. The van der Waals surface area contributed by atoms with Crippen molar-refractivity contribution in [2.45, 2.75) is 6.92 Å². The van der Waals surface area contributed by atoms with Crippen LogP contribution in [0.25, 0.3) is 0 Å². The molecular weight excluding hydrogens is 254 g/mol. The fourth-order valence-corrected chi connectivity index (χ4v) is 1.97. The molecule has 18 heavy (non-hydrogen) atoms. The van der Waals surface area contributed by atoms with Crippen LogP contribution in [0.3, 0.4) is 0 Å². The summed E-state index contributed by atoms with van der Waals surface area (Å²) in [5, 5.41) is 8.88. The average molecular weight is 263 g/mol. The summed E-state index contributed by atoms with van der Waals surface area (Å²) in [6.07, 6.45) is 1.14. The Labute approximate surface area is 107 Å². The van der Waals surface area contributed by atoms with Crippen LogP contribution in [0.1, 0.15) is 25.6 Å². The second-order valence-electron chi connectivity index (χ2n) is 3.53. The molecule has 1 heterocycles. The molecule has 0 aliphatic heterocycles. The SMILES string of the molecule is Cc1ccccc1OC(=O)c1sncc1C(=O)O. The standard InChI is InChI=1S/C12H9NO4S/c1-7-4-2-3-5-9(7)17-12(16)10-8(11(14)15)6-13-18-10/h2-6H,1H3,(H,14,15). The second-order valence-corrected chi connectivity index (χ2v) is 4.33. The van der Waals surface area contributed by atoms with Crippen molar-refractivity contribution < 1.29 is 19.4 Å². The van der Waals surface area contributed by atoms with Crippen LogP contribution in [0.2, 0.25) is 0 Å². The Morgan fingerprint density at radius 3 is 2.72 bits per heavy atom. The average Bonchev–Trinajstić information content (AvgIpc) is 2.81. The summed E-state index contributed by atoms with van der Waals surface area (Å²) < 4.78 is 8.84. The molecule has 0 aliphatic carbocycles. The minimum atomic E-state index is -1.19. The second kappa shape index (κ2) is 4.97. The Hall–Kier alpha value is -2.21. The van der Waals surface area contributed by atoms with Gasteiger partial charge in [0.1, 0.15) is 16.2 Å². The number of carbonyl (C=O) groups excluding carboxylic acids is 1. The van der Waals surface area contributed by atoms with Crippen molar-refractivity contribution in [3.63, 3.8) is 0 Å². The molecule has 6 heteroatoms. The lowest BCUT2D eigenvalue weighted by Gasteiger charge is -2.05. The van der Waals surface area contributed by atoms with Gasteiger partial charge in [0.25, 0.3) is 0 Å². The van der Waals surface area contributed by atoms with Gasteiger partial charge in [0.15, 0.2) is 0 Å². The Bertz CT molecular complexity index is 606. The summed E-state index contributed by atoms with van der Waals surface area (Å²) in [6, 6.07) is 7.00. The molecule has 1 aromatic carbocycles. The van der Waals surface area contributed by atoms with Crippen molar-refractivity contribution in [1.82, 2.24) is 4.37 Å². The number of para-hydroxylation sites is 1. The zero-order valence-electron chi connectivity index (χ0n) is 9.41. The minimum Gasteiger partial charge on any atom is -0.478 e. The van der Waals surface area contributed by atoms with E-state index in [2.05, 4.69) is 4.37 Å². The maximum atomic E-state index is 11.8. The van der Waals surface area contributed by atoms with Gasteiger partial charge in [0, 0.05) is 0 Å². The number of aromatic nitrogens is 1. The van der Waals surface area contributed by atoms with E-state index in [1.165, 1.54) is 0 Å². The van der Waals surface area contributed by atoms with Crippen LogP contribution < -0.4 is 4.74 Å². The number of carbonyl (C=O) groups is 2. The number of rotatable bonds is 3. The highest BCUT2D eigenvalue weighted by atomic mass is 32.1. The third-order valence-electron chi connectivity index (χ3n) is 2.28. The fraction of sp³-hybridized carbons (Fsp3) is 0.0833. The van der Waals surface area contributed by atoms with Crippen LogP contribution in [0.5, 0.6) is 5.75 Å². The zero-order valence-corrected chi connectivity index (χ0v) is 10.2. The molecule has 0 fully saturated rings. The molecule has 92 valence electrons. The third-order valence-corrected chi connectivity index (χ3v) is 3.06. The number of carboxylic acid groups (broad SMARTS) is 1. The van der Waals surface area contributed by atoms with Crippen LogP contribution in [-0.4, -0.2) is 21.4 Å². The van der Waals surface area contributed by atoms with Crippen molar-refractivity contribution in [1.29, 1.82) is 0 Å². The van der Waals surface area contributed by atoms with Crippen molar-refractivity contribution in [2.75, 3.05) is 0 Å². The number of hydrogen-bond acceptors (Lipinski definition) is 5. The summed E-state index contributed by atoms with van der Waals surface area (Å²) in [4.78, 5) is 22.7. The van der Waals surface area contributed by atoms with E-state index in [-0.39, 0.29) is 10.4 Å². The lowest BCUT2D eigenvalue weighted by molar-refractivity contribution is 0.0671. The Morgan fingerprint density at radius 1 is 1.33 bits per heavy atom. The normalized spacial score (nSPS) is 10.1. The van der Waals surface area contributed by atoms with Gasteiger partial charge >= 0.3 is 11.9 Å². The fourth-order valence-electron chi connectivity index (χ4n) is 1.36. The molecule has 1 aromatic heterocycles. The lowest BCUT2D eigenvalue weighted by Crippen LogP contribution is -2.11. The molecule has 0 atom stereocenters. The number of esters is 1. The molecular formula is C12H9NO4S. The highest BCUT2D eigenvalue weighted by Crippen LogP contribution is 2.20. The highest BCUT2D eigenvalue weighted by Gasteiger charge is 2.21. The monoisotopic (exact) mass is 263 g/mol. The molecule has 1 N–H and O–H groups in total. The summed E-state index contributed by atoms with van der Waals surface area (Å²) in [7, 11) is 0. The van der Waals surface area contributed by atoms with Gasteiger partial charge in [-0.2, -0.15) is 4.37 Å². The van der Waals surface area contributed by atoms with Crippen LogP contribution in [-0.2, 0) is 0 Å². The predicted molar refractivity (Wildman–Crippen MR) is 65.2 cm³/mol. The number of aryl methyl sites for hydroxylation is 1. The number of hydrogen-bond donors (Lipinski definition) is 1. The van der Waals surface area contributed by atoms with Gasteiger partial charge in [0.2, 0.25) is 0 Å². The molecule has 2 aromatic rings. The maximum absolute atomic E-state index is 11.8. The lowest BCUT2D eigenvalue weighted by atomic mass is 10.2. The largest absolute Gasteiger partial charge is 0.478 e. The van der Waals surface area contributed by atoms with Gasteiger partial charge in [-0.05, 0) is 30.1 Å². The number of benzene rings is 1. The first-order chi connectivity index (χ1) is 8.59. The number of nitrogens with zero attached hydrogens (tertiary/aromatic N) is 1. The quantitative estimate of drug-likeness (QED) is 0.679. The van der Waals surface area contributed by atoms with Gasteiger partial charge in [-0.1, -0.05) is 18.2 Å². The number of carboxylic acids is 1. The van der Waals surface area contributed by atoms with Crippen molar-refractivity contribution in [2.24, 2.45) is 0 Å². The van der Waals surface area contributed by atoms with E-state index < -0.39 is 11.9 Å². The Balaban J connectivity index is 2.25. The van der Waals surface area contributed by atoms with E-state index in [0.717, 1.165) is 23.3 Å². The van der Waals surface area contributed by atoms with Gasteiger partial charge in [-0.3, -0.25) is 0 Å². The summed E-state index contributed by atoms with van der Waals surface area (Å²) in [5.74, 6) is -1.49. The molecule has 5 nitrogen and oxygen atoms in total. The minimum absolute atomic E-state index is 0.00856. The molecule has 0 unspecified atom stereocenters. The van der Waals surface area contributed by atoms with E-state index >= 15 is 0 Å². The van der Waals surface area contributed by atoms with Crippen LogP contribution >= 0.6 is 11.5 Å². The van der Waals surface area contributed by atoms with E-state index in [0.29, 0.717) is 5.75 Å². The molecule has 0 amide bonds. The summed E-state index contributed by atoms with van der Waals surface area (Å²) in [6.45, 7) is 1.80. The highest BCUT2D eigenvalue weighted by molar-refractivity contribution is 7.08. The molecule has 2 rings (SSSR count). The van der Waals surface area contributed by atoms with Gasteiger partial charge in [0.05, 0.1) is 6.20 Å². The Morgan fingerprint density at radius 2 is 2.06 bits per heavy atom. The van der Waals surface area contributed by atoms with Gasteiger partial charge < -0.3 is 9.84 Å². The van der Waals surface area contributed by atoms with Crippen LogP contribution in [0, 0.1) is 6.92 Å². The first-order valence-corrected chi connectivity index (χ1v) is 5.82. The maximum Gasteiger partial charge on any atom is 0.356 e. The first kappa shape index (κ1) is 12.3. The van der Waals surface area contributed by atoms with Crippen LogP contribution in [0.15, 0.2) is 30.5 Å². The van der Waals surface area contributed by atoms with Gasteiger partial charge in [-0.15, -0.1) is 0 Å². The third kappa shape index (κ3) is 2.38. The molecule has 0 bridgehead atoms.